The highest BCUT2D eigenvalue weighted by atomic mass is 16.3. The normalized spacial score (nSPS) is 31.7. The molecule has 2 aliphatic rings. The van der Waals surface area contributed by atoms with E-state index >= 15 is 0 Å². The van der Waals surface area contributed by atoms with Gasteiger partial charge >= 0.3 is 0 Å². The molecule has 0 aromatic carbocycles. The van der Waals surface area contributed by atoms with Crippen molar-refractivity contribution >= 4 is 0 Å². The molecule has 2 saturated carbocycles. The van der Waals surface area contributed by atoms with Gasteiger partial charge in [0.05, 0.1) is 0 Å². The fraction of sp³-hybridized carbons (Fsp3) is 1.00. The van der Waals surface area contributed by atoms with E-state index in [-0.39, 0.29) is 0 Å². The number of nitrogens with one attached hydrogen (secondary N) is 1. The van der Waals surface area contributed by atoms with Gasteiger partial charge < -0.3 is 16.2 Å². The Hall–Kier alpha value is -0.120. The van der Waals surface area contributed by atoms with E-state index in [1.165, 1.54) is 57.8 Å². The molecule has 0 aromatic heterocycles. The van der Waals surface area contributed by atoms with Crippen molar-refractivity contribution in [3.63, 3.8) is 0 Å². The van der Waals surface area contributed by atoms with Gasteiger partial charge in [0.15, 0.2) is 0 Å². The first kappa shape index (κ1) is 14.3. The summed E-state index contributed by atoms with van der Waals surface area (Å²) < 4.78 is 0. The van der Waals surface area contributed by atoms with Crippen LogP contribution in [0.4, 0.5) is 0 Å². The Kier molecular flexibility index (Phi) is 5.93. The molecule has 0 heterocycles. The van der Waals surface area contributed by atoms with E-state index in [1.807, 2.05) is 0 Å². The molecule has 0 spiro atoms. The molecule has 4 N–H and O–H groups in total. The number of hydrogen-bond acceptors (Lipinski definition) is 3. The minimum absolute atomic E-state index is 0.332. The summed E-state index contributed by atoms with van der Waals surface area (Å²) in [5.41, 5.74) is 5.93. The molecule has 3 nitrogen and oxygen atoms in total. The lowest BCUT2D eigenvalue weighted by molar-refractivity contribution is 0.193. The van der Waals surface area contributed by atoms with E-state index in [9.17, 15) is 5.11 Å². The van der Waals surface area contributed by atoms with Crippen molar-refractivity contribution in [2.24, 2.45) is 17.6 Å². The van der Waals surface area contributed by atoms with E-state index in [2.05, 4.69) is 5.32 Å². The van der Waals surface area contributed by atoms with Gasteiger partial charge in [-0.05, 0) is 31.1 Å². The van der Waals surface area contributed by atoms with Crippen molar-refractivity contribution in [1.82, 2.24) is 5.32 Å². The summed E-state index contributed by atoms with van der Waals surface area (Å²) in [6.45, 7) is 1.07. The molecule has 0 bridgehead atoms. The lowest BCUT2D eigenvalue weighted by atomic mass is 9.84. The van der Waals surface area contributed by atoms with E-state index in [4.69, 9.17) is 5.73 Å². The summed E-state index contributed by atoms with van der Waals surface area (Å²) in [5.74, 6) is 1.35. The zero-order chi connectivity index (χ0) is 12.8. The summed E-state index contributed by atoms with van der Waals surface area (Å²) in [5, 5.41) is 13.1. The Morgan fingerprint density at radius 1 is 1.06 bits per heavy atom. The molecule has 0 aliphatic heterocycles. The van der Waals surface area contributed by atoms with Gasteiger partial charge in [-0.3, -0.25) is 0 Å². The van der Waals surface area contributed by atoms with Crippen LogP contribution in [0.15, 0.2) is 0 Å². The molecule has 2 aliphatic carbocycles. The molecule has 0 saturated heterocycles. The van der Waals surface area contributed by atoms with Crippen molar-refractivity contribution in [3.05, 3.63) is 0 Å². The first-order chi connectivity index (χ1) is 8.83. The molecular weight excluding hydrogens is 224 g/mol. The van der Waals surface area contributed by atoms with Gasteiger partial charge in [0, 0.05) is 25.2 Å². The zero-order valence-electron chi connectivity index (χ0n) is 11.6. The number of rotatable bonds is 6. The van der Waals surface area contributed by atoms with Crippen LogP contribution in [0, 0.1) is 11.8 Å². The molecule has 3 unspecified atom stereocenters. The van der Waals surface area contributed by atoms with Gasteiger partial charge in [-0.1, -0.05) is 38.5 Å². The topological polar surface area (TPSA) is 58.3 Å². The first-order valence-electron chi connectivity index (χ1n) is 7.90. The van der Waals surface area contributed by atoms with Gasteiger partial charge in [0.25, 0.3) is 0 Å². The monoisotopic (exact) mass is 254 g/mol. The molecule has 2 rings (SSSR count). The molecule has 0 radical (unpaired) electrons. The second-order valence-corrected chi connectivity index (χ2v) is 6.32. The number of nitrogens with two attached hydrogens (primary N) is 1. The maximum Gasteiger partial charge on any atom is 0.0474 e. The largest absolute Gasteiger partial charge is 0.396 e. The number of aliphatic hydroxyl groups is 1. The van der Waals surface area contributed by atoms with E-state index in [1.54, 1.807) is 0 Å². The third-order valence-corrected chi connectivity index (χ3v) is 4.97. The highest BCUT2D eigenvalue weighted by molar-refractivity contribution is 4.87. The van der Waals surface area contributed by atoms with Crippen molar-refractivity contribution in [1.29, 1.82) is 0 Å². The Bertz CT molecular complexity index is 229. The van der Waals surface area contributed by atoms with Crippen molar-refractivity contribution in [2.45, 2.75) is 69.9 Å². The standard InChI is InChI=1S/C15H30N2O/c16-10-14(9-12-5-2-1-3-6-12)17-15-8-4-7-13(15)11-18/h12-15,17-18H,1-11,16H2. The van der Waals surface area contributed by atoms with Gasteiger partial charge in [-0.2, -0.15) is 0 Å². The van der Waals surface area contributed by atoms with Crippen LogP contribution < -0.4 is 11.1 Å². The third kappa shape index (κ3) is 3.94. The van der Waals surface area contributed by atoms with Gasteiger partial charge in [0.1, 0.15) is 0 Å². The molecule has 0 amide bonds. The maximum absolute atomic E-state index is 9.37. The van der Waals surface area contributed by atoms with E-state index in [0.717, 1.165) is 12.5 Å². The third-order valence-electron chi connectivity index (χ3n) is 4.97. The van der Waals surface area contributed by atoms with Crippen molar-refractivity contribution in [2.75, 3.05) is 13.2 Å². The average molecular weight is 254 g/mol. The van der Waals surface area contributed by atoms with Crippen LogP contribution in [0.2, 0.25) is 0 Å². The van der Waals surface area contributed by atoms with Crippen LogP contribution in [0.1, 0.15) is 57.8 Å². The molecule has 3 atom stereocenters. The highest BCUT2D eigenvalue weighted by Gasteiger charge is 2.29. The molecule has 3 heteroatoms. The Morgan fingerprint density at radius 3 is 2.50 bits per heavy atom. The van der Waals surface area contributed by atoms with Crippen LogP contribution >= 0.6 is 0 Å². The van der Waals surface area contributed by atoms with Gasteiger partial charge in [0.2, 0.25) is 0 Å². The fourth-order valence-electron chi connectivity index (χ4n) is 3.84. The first-order valence-corrected chi connectivity index (χ1v) is 7.90. The summed E-state index contributed by atoms with van der Waals surface area (Å²) in [7, 11) is 0. The van der Waals surface area contributed by atoms with Crippen molar-refractivity contribution < 1.29 is 5.11 Å². The lowest BCUT2D eigenvalue weighted by Gasteiger charge is -2.30. The minimum Gasteiger partial charge on any atom is -0.396 e. The SMILES string of the molecule is NCC(CC1CCCCC1)NC1CCCC1CO. The van der Waals surface area contributed by atoms with Gasteiger partial charge in [-0.15, -0.1) is 0 Å². The zero-order valence-corrected chi connectivity index (χ0v) is 11.6. The second-order valence-electron chi connectivity index (χ2n) is 6.32. The average Bonchev–Trinajstić information content (AvgIpc) is 2.86. The molecule has 106 valence electrons. The van der Waals surface area contributed by atoms with E-state index < -0.39 is 0 Å². The van der Waals surface area contributed by atoms with Crippen LogP contribution in [0.25, 0.3) is 0 Å². The summed E-state index contributed by atoms with van der Waals surface area (Å²) in [6.07, 6.45) is 11.9. The Labute approximate surface area is 112 Å². The predicted octanol–water partition coefficient (Wildman–Crippen LogP) is 2.03. The summed E-state index contributed by atoms with van der Waals surface area (Å²) in [4.78, 5) is 0. The molecular formula is C15H30N2O. The molecule has 2 fully saturated rings. The smallest absolute Gasteiger partial charge is 0.0474 e. The quantitative estimate of drug-likeness (QED) is 0.680. The highest BCUT2D eigenvalue weighted by Crippen LogP contribution is 2.29. The Balaban J connectivity index is 1.77. The van der Waals surface area contributed by atoms with Crippen LogP contribution in [0.3, 0.4) is 0 Å². The van der Waals surface area contributed by atoms with Crippen LogP contribution in [0.5, 0.6) is 0 Å². The lowest BCUT2D eigenvalue weighted by Crippen LogP contribution is -2.46. The summed E-state index contributed by atoms with van der Waals surface area (Å²) in [6, 6.07) is 0.970. The van der Waals surface area contributed by atoms with Gasteiger partial charge in [-0.25, -0.2) is 0 Å². The Morgan fingerprint density at radius 2 is 1.83 bits per heavy atom. The minimum atomic E-state index is 0.332. The second kappa shape index (κ2) is 7.46. The molecule has 18 heavy (non-hydrogen) atoms. The summed E-state index contributed by atoms with van der Waals surface area (Å²) >= 11 is 0. The molecule has 0 aromatic rings. The van der Waals surface area contributed by atoms with Crippen LogP contribution in [-0.4, -0.2) is 30.3 Å². The maximum atomic E-state index is 9.37. The fourth-order valence-corrected chi connectivity index (χ4v) is 3.84. The van der Waals surface area contributed by atoms with Crippen LogP contribution in [-0.2, 0) is 0 Å². The van der Waals surface area contributed by atoms with Crippen molar-refractivity contribution in [3.8, 4) is 0 Å². The predicted molar refractivity (Wildman–Crippen MR) is 75.4 cm³/mol. The number of hydrogen-bond donors (Lipinski definition) is 3. The number of aliphatic hydroxyl groups excluding tert-OH is 1. The van der Waals surface area contributed by atoms with E-state index in [0.29, 0.717) is 24.6 Å².